The lowest BCUT2D eigenvalue weighted by atomic mass is 9.94. The molecule has 3 aromatic heterocycles. The van der Waals surface area contributed by atoms with Gasteiger partial charge in [-0.1, -0.05) is 0 Å². The fourth-order valence-corrected chi connectivity index (χ4v) is 4.01. The van der Waals surface area contributed by atoms with Crippen molar-refractivity contribution in [3.05, 3.63) is 40.8 Å². The highest BCUT2D eigenvalue weighted by atomic mass is 16.1. The fourth-order valence-electron chi connectivity index (χ4n) is 4.01. The first-order valence-electron chi connectivity index (χ1n) is 8.68. The number of nitrogens with one attached hydrogen (secondary N) is 1. The molecule has 0 spiro atoms. The number of fused-ring (bicyclic) bond motifs is 1. The van der Waals surface area contributed by atoms with Gasteiger partial charge in [0, 0.05) is 31.4 Å². The Hall–Kier alpha value is -2.77. The summed E-state index contributed by atoms with van der Waals surface area (Å²) in [6.45, 7) is 0.866. The molecule has 1 saturated heterocycles. The minimum atomic E-state index is -0.183. The molecule has 4 heterocycles. The van der Waals surface area contributed by atoms with Gasteiger partial charge in [-0.2, -0.15) is 10.1 Å². The Bertz CT molecular complexity index is 990. The van der Waals surface area contributed by atoms with Crippen molar-refractivity contribution in [1.82, 2.24) is 29.7 Å². The van der Waals surface area contributed by atoms with Gasteiger partial charge in [-0.25, -0.2) is 19.9 Å². The van der Waals surface area contributed by atoms with E-state index in [1.807, 2.05) is 18.3 Å². The maximum Gasteiger partial charge on any atom is 0.343 e. The summed E-state index contributed by atoms with van der Waals surface area (Å²) in [5.41, 5.74) is 0.509. The van der Waals surface area contributed by atoms with Crippen molar-refractivity contribution < 1.29 is 0 Å². The first kappa shape index (κ1) is 14.6. The largest absolute Gasteiger partial charge is 0.343 e. The number of pyridine rings is 1. The molecule has 128 valence electrons. The Morgan fingerprint density at radius 2 is 2.12 bits per heavy atom. The van der Waals surface area contributed by atoms with Crippen LogP contribution in [0.15, 0.2) is 29.3 Å². The lowest BCUT2D eigenvalue weighted by Gasteiger charge is -2.27. The molecule has 1 N–H and O–H groups in total. The van der Waals surface area contributed by atoms with Crippen molar-refractivity contribution in [2.24, 2.45) is 18.9 Å². The van der Waals surface area contributed by atoms with Gasteiger partial charge in [0.2, 0.25) is 5.95 Å². The van der Waals surface area contributed by atoms with Gasteiger partial charge in [-0.15, -0.1) is 0 Å². The predicted molar refractivity (Wildman–Crippen MR) is 92.1 cm³/mol. The van der Waals surface area contributed by atoms with E-state index in [0.717, 1.165) is 24.2 Å². The molecule has 0 radical (unpaired) electrons. The summed E-state index contributed by atoms with van der Waals surface area (Å²) in [6.07, 6.45) is 7.14. The van der Waals surface area contributed by atoms with Crippen LogP contribution in [0.4, 0.5) is 5.95 Å². The van der Waals surface area contributed by atoms with Crippen LogP contribution in [-0.4, -0.2) is 36.3 Å². The molecule has 5 rings (SSSR count). The summed E-state index contributed by atoms with van der Waals surface area (Å²) in [6, 6.07) is 3.86. The van der Waals surface area contributed by atoms with Crippen LogP contribution in [0.2, 0.25) is 0 Å². The van der Waals surface area contributed by atoms with E-state index in [9.17, 15) is 4.79 Å². The van der Waals surface area contributed by atoms with Crippen LogP contribution in [-0.2, 0) is 7.05 Å². The van der Waals surface area contributed by atoms with Gasteiger partial charge < -0.3 is 4.90 Å². The van der Waals surface area contributed by atoms with E-state index in [-0.39, 0.29) is 11.7 Å². The van der Waals surface area contributed by atoms with Gasteiger partial charge in [-0.05, 0) is 43.2 Å². The van der Waals surface area contributed by atoms with Crippen LogP contribution >= 0.6 is 0 Å². The Labute approximate surface area is 143 Å². The number of nitrogens with zero attached hydrogens (tertiary/aromatic N) is 6. The number of anilines is 1. The number of rotatable bonds is 3. The molecule has 2 aliphatic rings. The third-order valence-corrected chi connectivity index (χ3v) is 5.45. The van der Waals surface area contributed by atoms with Crippen molar-refractivity contribution in [3.63, 3.8) is 0 Å². The zero-order valence-electron chi connectivity index (χ0n) is 14.0. The predicted octanol–water partition coefficient (Wildman–Crippen LogP) is 1.42. The van der Waals surface area contributed by atoms with Crippen LogP contribution in [0, 0.1) is 11.8 Å². The summed E-state index contributed by atoms with van der Waals surface area (Å²) < 4.78 is 1.61. The average Bonchev–Trinajstić information content (AvgIpc) is 3.32. The minimum Gasteiger partial charge on any atom is -0.330 e. The minimum absolute atomic E-state index is 0.0256. The van der Waals surface area contributed by atoms with E-state index in [2.05, 4.69) is 30.0 Å². The fraction of sp³-hybridized carbons (Fsp3) is 0.471. The second-order valence-electron chi connectivity index (χ2n) is 6.96. The zero-order valence-corrected chi connectivity index (χ0v) is 14.0. The van der Waals surface area contributed by atoms with E-state index in [0.29, 0.717) is 23.4 Å². The van der Waals surface area contributed by atoms with E-state index in [1.54, 1.807) is 17.8 Å². The SMILES string of the molecule is Cn1c(C2C(C3CC3)CCN2c2ncc3cccnc3n2)n[nH]c1=O. The normalized spacial score (nSPS) is 23.5. The second-order valence-corrected chi connectivity index (χ2v) is 6.96. The van der Waals surface area contributed by atoms with Gasteiger partial charge in [0.25, 0.3) is 0 Å². The second kappa shape index (κ2) is 5.37. The molecule has 0 aromatic carbocycles. The van der Waals surface area contributed by atoms with Crippen molar-refractivity contribution >= 4 is 17.0 Å². The Balaban J connectivity index is 1.60. The first-order valence-corrected chi connectivity index (χ1v) is 8.68. The van der Waals surface area contributed by atoms with Crippen LogP contribution in [0.25, 0.3) is 11.0 Å². The van der Waals surface area contributed by atoms with Crippen molar-refractivity contribution in [1.29, 1.82) is 0 Å². The molecule has 2 unspecified atom stereocenters. The summed E-state index contributed by atoms with van der Waals surface area (Å²) in [5.74, 6) is 2.62. The molecule has 2 atom stereocenters. The monoisotopic (exact) mass is 337 g/mol. The van der Waals surface area contributed by atoms with Gasteiger partial charge >= 0.3 is 5.69 Å². The van der Waals surface area contributed by atoms with E-state index in [1.165, 1.54) is 12.8 Å². The summed E-state index contributed by atoms with van der Waals surface area (Å²) in [7, 11) is 1.77. The topological polar surface area (TPSA) is 92.6 Å². The number of aromatic amines is 1. The summed E-state index contributed by atoms with van der Waals surface area (Å²) in [4.78, 5) is 27.7. The highest BCUT2D eigenvalue weighted by Gasteiger charge is 2.46. The molecule has 1 aliphatic carbocycles. The van der Waals surface area contributed by atoms with Crippen molar-refractivity contribution in [2.45, 2.75) is 25.3 Å². The van der Waals surface area contributed by atoms with E-state index < -0.39 is 0 Å². The molecular weight excluding hydrogens is 318 g/mol. The number of aromatic nitrogens is 6. The van der Waals surface area contributed by atoms with Crippen LogP contribution in [0.3, 0.4) is 0 Å². The van der Waals surface area contributed by atoms with Crippen LogP contribution < -0.4 is 10.6 Å². The third-order valence-electron chi connectivity index (χ3n) is 5.45. The maximum atomic E-state index is 11.9. The molecule has 0 bridgehead atoms. The molecule has 0 amide bonds. The number of hydrogen-bond donors (Lipinski definition) is 1. The smallest absolute Gasteiger partial charge is 0.330 e. The Morgan fingerprint density at radius 1 is 1.24 bits per heavy atom. The quantitative estimate of drug-likeness (QED) is 0.777. The molecule has 2 fully saturated rings. The zero-order chi connectivity index (χ0) is 17.0. The van der Waals surface area contributed by atoms with Crippen molar-refractivity contribution in [2.75, 3.05) is 11.4 Å². The molecule has 8 heteroatoms. The van der Waals surface area contributed by atoms with Crippen LogP contribution in [0.1, 0.15) is 31.1 Å². The maximum absolute atomic E-state index is 11.9. The van der Waals surface area contributed by atoms with Crippen molar-refractivity contribution in [3.8, 4) is 0 Å². The third kappa shape index (κ3) is 2.32. The van der Waals surface area contributed by atoms with Gasteiger partial charge in [0.1, 0.15) is 0 Å². The standard InChI is InChI=1S/C17H19N7O/c1-23-15(21-22-17(23)25)13-12(10-4-5-10)6-8-24(13)16-19-9-11-3-2-7-18-14(11)20-16/h2-3,7,9-10,12-13H,4-6,8H2,1H3,(H,22,25). The molecule has 1 saturated carbocycles. The summed E-state index contributed by atoms with van der Waals surface area (Å²) >= 11 is 0. The first-order chi connectivity index (χ1) is 12.2. The highest BCUT2D eigenvalue weighted by Crippen LogP contribution is 2.50. The average molecular weight is 337 g/mol. The number of H-pyrrole nitrogens is 1. The Kier molecular flexibility index (Phi) is 3.13. The number of hydrogen-bond acceptors (Lipinski definition) is 6. The van der Waals surface area contributed by atoms with Gasteiger partial charge in [-0.3, -0.25) is 4.57 Å². The lowest BCUT2D eigenvalue weighted by molar-refractivity contribution is 0.404. The van der Waals surface area contributed by atoms with Gasteiger partial charge in [0.15, 0.2) is 11.5 Å². The molecule has 1 aliphatic heterocycles. The van der Waals surface area contributed by atoms with Gasteiger partial charge in [0.05, 0.1) is 6.04 Å². The highest BCUT2D eigenvalue weighted by molar-refractivity contribution is 5.74. The van der Waals surface area contributed by atoms with E-state index >= 15 is 0 Å². The molecular formula is C17H19N7O. The lowest BCUT2D eigenvalue weighted by Crippen LogP contribution is -2.31. The van der Waals surface area contributed by atoms with E-state index in [4.69, 9.17) is 0 Å². The van der Waals surface area contributed by atoms with Crippen LogP contribution in [0.5, 0.6) is 0 Å². The Morgan fingerprint density at radius 3 is 2.88 bits per heavy atom. The summed E-state index contributed by atoms with van der Waals surface area (Å²) in [5, 5.41) is 7.81. The molecule has 8 nitrogen and oxygen atoms in total. The molecule has 3 aromatic rings. The molecule has 25 heavy (non-hydrogen) atoms.